The number of rotatable bonds is 5. The fourth-order valence-electron chi connectivity index (χ4n) is 3.97. The number of hydrogen-bond donors (Lipinski definition) is 1. The van der Waals surface area contributed by atoms with Crippen LogP contribution < -0.4 is 4.74 Å². The van der Waals surface area contributed by atoms with Gasteiger partial charge in [0.15, 0.2) is 0 Å². The quantitative estimate of drug-likeness (QED) is 0.313. The second kappa shape index (κ2) is 9.05. The molecule has 174 valence electrons. The zero-order valence-electron chi connectivity index (χ0n) is 18.0. The predicted molar refractivity (Wildman–Crippen MR) is 119 cm³/mol. The smallest absolute Gasteiger partial charge is 0.416 e. The lowest BCUT2D eigenvalue weighted by atomic mass is 9.95. The van der Waals surface area contributed by atoms with Crippen LogP contribution in [0.15, 0.2) is 84.4 Å². The van der Waals surface area contributed by atoms with Crippen molar-refractivity contribution < 1.29 is 32.6 Å². The van der Waals surface area contributed by atoms with Crippen LogP contribution in [0, 0.1) is 0 Å². The fourth-order valence-corrected chi connectivity index (χ4v) is 3.97. The number of aliphatic hydroxyl groups is 1. The average molecular weight is 467 g/mol. The Kier molecular flexibility index (Phi) is 6.15. The summed E-state index contributed by atoms with van der Waals surface area (Å²) in [5.74, 6) is -1.63. The normalized spacial score (nSPS) is 17.8. The number of likely N-dealkylation sites (tertiary alicyclic amines) is 1. The highest BCUT2D eigenvalue weighted by atomic mass is 19.4. The van der Waals surface area contributed by atoms with Gasteiger partial charge in [0.05, 0.1) is 24.3 Å². The summed E-state index contributed by atoms with van der Waals surface area (Å²) in [6.07, 6.45) is -4.55. The summed E-state index contributed by atoms with van der Waals surface area (Å²) < 4.78 is 44.8. The molecule has 1 heterocycles. The third kappa shape index (κ3) is 4.39. The minimum absolute atomic E-state index is 0.131. The zero-order chi connectivity index (χ0) is 24.5. The van der Waals surface area contributed by atoms with E-state index >= 15 is 0 Å². The van der Waals surface area contributed by atoms with Gasteiger partial charge in [0.2, 0.25) is 0 Å². The zero-order valence-corrected chi connectivity index (χ0v) is 18.0. The van der Waals surface area contributed by atoms with Crippen molar-refractivity contribution in [3.8, 4) is 5.75 Å². The molecule has 3 aromatic carbocycles. The fraction of sp³-hybridized carbons (Fsp3) is 0.154. The van der Waals surface area contributed by atoms with Crippen LogP contribution in [0.5, 0.6) is 5.75 Å². The van der Waals surface area contributed by atoms with Crippen molar-refractivity contribution in [2.75, 3.05) is 7.11 Å². The number of carbonyl (C=O) groups excluding carboxylic acids is 2. The van der Waals surface area contributed by atoms with Gasteiger partial charge < -0.3 is 14.7 Å². The number of alkyl halides is 3. The van der Waals surface area contributed by atoms with Crippen LogP contribution >= 0.6 is 0 Å². The van der Waals surface area contributed by atoms with Gasteiger partial charge in [-0.2, -0.15) is 13.2 Å². The Morgan fingerprint density at radius 2 is 1.65 bits per heavy atom. The highest BCUT2D eigenvalue weighted by Crippen LogP contribution is 2.41. The van der Waals surface area contributed by atoms with E-state index in [0.29, 0.717) is 16.9 Å². The van der Waals surface area contributed by atoms with Crippen molar-refractivity contribution in [1.29, 1.82) is 0 Å². The van der Waals surface area contributed by atoms with Crippen molar-refractivity contribution in [3.63, 3.8) is 0 Å². The second-order valence-corrected chi connectivity index (χ2v) is 7.76. The molecule has 1 aliphatic heterocycles. The molecular formula is C26H20F3NO4. The number of amides is 1. The Hall–Kier alpha value is -4.07. The Balaban J connectivity index is 1.83. The third-order valence-corrected chi connectivity index (χ3v) is 5.63. The number of halogens is 3. The molecule has 1 saturated heterocycles. The summed E-state index contributed by atoms with van der Waals surface area (Å²) in [5.41, 5.74) is 0.0673. The lowest BCUT2D eigenvalue weighted by Crippen LogP contribution is -2.29. The average Bonchev–Trinajstić information content (AvgIpc) is 3.09. The molecular weight excluding hydrogens is 447 g/mol. The minimum Gasteiger partial charge on any atom is -0.507 e. The van der Waals surface area contributed by atoms with E-state index in [1.54, 1.807) is 54.6 Å². The van der Waals surface area contributed by atoms with Crippen LogP contribution in [0.2, 0.25) is 0 Å². The number of nitrogens with zero attached hydrogens (tertiary/aromatic N) is 1. The summed E-state index contributed by atoms with van der Waals surface area (Å²) in [6, 6.07) is 18.5. The van der Waals surface area contributed by atoms with Gasteiger partial charge in [0, 0.05) is 12.1 Å². The standard InChI is InChI=1S/C26H20F3NO4/c1-34-20-12-10-17(11-13-20)22-21(23(31)18-7-3-2-4-8-18)24(32)25(33)30(22)15-16-6-5-9-19(14-16)26(27,28)29/h2-14,22,31H,15H2,1H3/b23-21+. The number of hydrogen-bond acceptors (Lipinski definition) is 4. The molecule has 1 aliphatic rings. The number of aliphatic hydroxyl groups excluding tert-OH is 1. The first-order valence-corrected chi connectivity index (χ1v) is 10.3. The molecule has 1 fully saturated rings. The molecule has 0 aromatic heterocycles. The van der Waals surface area contributed by atoms with Crippen LogP contribution in [-0.2, 0) is 22.3 Å². The maximum Gasteiger partial charge on any atom is 0.416 e. The van der Waals surface area contributed by atoms with Gasteiger partial charge >= 0.3 is 6.18 Å². The van der Waals surface area contributed by atoms with Gasteiger partial charge in [-0.1, -0.05) is 54.6 Å². The van der Waals surface area contributed by atoms with E-state index in [1.807, 2.05) is 0 Å². The molecule has 8 heteroatoms. The first kappa shape index (κ1) is 23.1. The number of Topliss-reactive ketones (excluding diaryl/α,β-unsaturated/α-hetero) is 1. The van der Waals surface area contributed by atoms with Crippen molar-refractivity contribution in [1.82, 2.24) is 4.90 Å². The van der Waals surface area contributed by atoms with Gasteiger partial charge in [0.25, 0.3) is 11.7 Å². The highest BCUT2D eigenvalue weighted by molar-refractivity contribution is 6.46. The molecule has 1 atom stereocenters. The van der Waals surface area contributed by atoms with Crippen molar-refractivity contribution in [2.45, 2.75) is 18.8 Å². The molecule has 0 saturated carbocycles. The van der Waals surface area contributed by atoms with Gasteiger partial charge in [-0.3, -0.25) is 9.59 Å². The first-order valence-electron chi connectivity index (χ1n) is 10.3. The van der Waals surface area contributed by atoms with Gasteiger partial charge in [0.1, 0.15) is 11.5 Å². The second-order valence-electron chi connectivity index (χ2n) is 7.76. The van der Waals surface area contributed by atoms with Crippen LogP contribution in [0.1, 0.15) is 28.3 Å². The van der Waals surface area contributed by atoms with E-state index in [4.69, 9.17) is 4.74 Å². The molecule has 1 unspecified atom stereocenters. The summed E-state index contributed by atoms with van der Waals surface area (Å²) in [4.78, 5) is 27.2. The van der Waals surface area contributed by atoms with E-state index in [1.165, 1.54) is 24.1 Å². The summed E-state index contributed by atoms with van der Waals surface area (Å²) in [5, 5.41) is 11.0. The van der Waals surface area contributed by atoms with Crippen molar-refractivity contribution in [2.24, 2.45) is 0 Å². The Bertz CT molecular complexity index is 1250. The topological polar surface area (TPSA) is 66.8 Å². The van der Waals surface area contributed by atoms with Crippen LogP contribution in [0.3, 0.4) is 0 Å². The van der Waals surface area contributed by atoms with Crippen LogP contribution in [0.4, 0.5) is 13.2 Å². The number of carbonyl (C=O) groups is 2. The molecule has 0 radical (unpaired) electrons. The Morgan fingerprint density at radius 3 is 2.26 bits per heavy atom. The van der Waals surface area contributed by atoms with E-state index in [-0.39, 0.29) is 23.4 Å². The number of methoxy groups -OCH3 is 1. The molecule has 1 amide bonds. The van der Waals surface area contributed by atoms with E-state index in [2.05, 4.69) is 0 Å². The molecule has 34 heavy (non-hydrogen) atoms. The van der Waals surface area contributed by atoms with Crippen LogP contribution in [-0.4, -0.2) is 28.8 Å². The molecule has 1 N–H and O–H groups in total. The molecule has 0 bridgehead atoms. The number of benzene rings is 3. The van der Waals surface area contributed by atoms with Gasteiger partial charge in [-0.25, -0.2) is 0 Å². The van der Waals surface area contributed by atoms with E-state index in [0.717, 1.165) is 12.1 Å². The van der Waals surface area contributed by atoms with Crippen LogP contribution in [0.25, 0.3) is 5.76 Å². The van der Waals surface area contributed by atoms with E-state index < -0.39 is 29.5 Å². The lowest BCUT2D eigenvalue weighted by molar-refractivity contribution is -0.140. The van der Waals surface area contributed by atoms with Crippen molar-refractivity contribution >= 4 is 17.4 Å². The predicted octanol–water partition coefficient (Wildman–Crippen LogP) is 5.34. The van der Waals surface area contributed by atoms with Gasteiger partial charge in [-0.15, -0.1) is 0 Å². The largest absolute Gasteiger partial charge is 0.507 e. The molecule has 5 nitrogen and oxygen atoms in total. The number of ketones is 1. The Morgan fingerprint density at radius 1 is 0.971 bits per heavy atom. The van der Waals surface area contributed by atoms with E-state index in [9.17, 15) is 27.9 Å². The van der Waals surface area contributed by atoms with Gasteiger partial charge in [-0.05, 0) is 35.4 Å². The minimum atomic E-state index is -4.55. The molecule has 0 aliphatic carbocycles. The molecule has 0 spiro atoms. The summed E-state index contributed by atoms with van der Waals surface area (Å²) >= 11 is 0. The molecule has 4 rings (SSSR count). The SMILES string of the molecule is COc1ccc(C2/C(=C(\O)c3ccccc3)C(=O)C(=O)N2Cc2cccc(C(F)(F)F)c2)cc1. The first-order chi connectivity index (χ1) is 16.2. The third-order valence-electron chi connectivity index (χ3n) is 5.63. The summed E-state index contributed by atoms with van der Waals surface area (Å²) in [7, 11) is 1.49. The monoisotopic (exact) mass is 467 g/mol. The number of ether oxygens (including phenoxy) is 1. The maximum atomic E-state index is 13.2. The maximum absolute atomic E-state index is 13.2. The summed E-state index contributed by atoms with van der Waals surface area (Å²) in [6.45, 7) is -0.253. The Labute approximate surface area is 193 Å². The highest BCUT2D eigenvalue weighted by Gasteiger charge is 2.46. The molecule has 3 aromatic rings. The van der Waals surface area contributed by atoms with Crippen molar-refractivity contribution in [3.05, 3.63) is 107 Å². The lowest BCUT2D eigenvalue weighted by Gasteiger charge is -2.26.